The van der Waals surface area contributed by atoms with E-state index in [9.17, 15) is 4.79 Å². The molecule has 1 aromatic rings. The number of hydrogen-bond donors (Lipinski definition) is 1. The van der Waals surface area contributed by atoms with E-state index in [4.69, 9.17) is 4.74 Å². The van der Waals surface area contributed by atoms with Crippen molar-refractivity contribution in [3.8, 4) is 5.75 Å². The van der Waals surface area contributed by atoms with Gasteiger partial charge in [0.15, 0.2) is 6.61 Å². The number of nitrogens with one attached hydrogen (secondary N) is 1. The molecule has 4 nitrogen and oxygen atoms in total. The SMILES string of the molecule is C[C@@H]1CCC/C(=N/NC(=O)COc2ccccc2)C1. The first kappa shape index (κ1) is 13.6. The highest BCUT2D eigenvalue weighted by atomic mass is 16.5. The van der Waals surface area contributed by atoms with Crippen LogP contribution in [-0.2, 0) is 4.79 Å². The normalized spacial score (nSPS) is 21.1. The first-order valence-electron chi connectivity index (χ1n) is 6.76. The van der Waals surface area contributed by atoms with Gasteiger partial charge in [0.05, 0.1) is 0 Å². The number of rotatable bonds is 4. The van der Waals surface area contributed by atoms with E-state index < -0.39 is 0 Å². The lowest BCUT2D eigenvalue weighted by molar-refractivity contribution is -0.123. The Morgan fingerprint density at radius 3 is 2.95 bits per heavy atom. The van der Waals surface area contributed by atoms with Crippen LogP contribution in [0.15, 0.2) is 35.4 Å². The summed E-state index contributed by atoms with van der Waals surface area (Å²) >= 11 is 0. The van der Waals surface area contributed by atoms with Crippen LogP contribution in [0.3, 0.4) is 0 Å². The third kappa shape index (κ3) is 4.73. The highest BCUT2D eigenvalue weighted by molar-refractivity contribution is 5.87. The topological polar surface area (TPSA) is 50.7 Å². The molecule has 102 valence electrons. The summed E-state index contributed by atoms with van der Waals surface area (Å²) in [6, 6.07) is 9.29. The summed E-state index contributed by atoms with van der Waals surface area (Å²) in [7, 11) is 0. The lowest BCUT2D eigenvalue weighted by atomic mass is 9.89. The summed E-state index contributed by atoms with van der Waals surface area (Å²) < 4.78 is 5.35. The van der Waals surface area contributed by atoms with E-state index in [1.807, 2.05) is 30.3 Å². The number of para-hydroxylation sites is 1. The van der Waals surface area contributed by atoms with Crippen molar-refractivity contribution in [3.63, 3.8) is 0 Å². The molecule has 1 amide bonds. The fraction of sp³-hybridized carbons (Fsp3) is 0.467. The smallest absolute Gasteiger partial charge is 0.277 e. The zero-order valence-corrected chi connectivity index (χ0v) is 11.3. The number of amides is 1. The summed E-state index contributed by atoms with van der Waals surface area (Å²) in [6.07, 6.45) is 4.39. The molecule has 0 bridgehead atoms. The summed E-state index contributed by atoms with van der Waals surface area (Å²) in [5.74, 6) is 1.15. The standard InChI is InChI=1S/C15H20N2O2/c1-12-6-5-7-13(10-12)16-17-15(18)11-19-14-8-3-2-4-9-14/h2-4,8-9,12H,5-7,10-11H2,1H3,(H,17,18)/b16-13-/t12-/m1/s1. The second kappa shape index (κ2) is 6.92. The molecule has 19 heavy (non-hydrogen) atoms. The predicted octanol–water partition coefficient (Wildman–Crippen LogP) is 2.75. The van der Waals surface area contributed by atoms with E-state index in [-0.39, 0.29) is 12.5 Å². The Hall–Kier alpha value is -1.84. The predicted molar refractivity (Wildman–Crippen MR) is 75.1 cm³/mol. The quantitative estimate of drug-likeness (QED) is 0.846. The molecule has 1 atom stereocenters. The molecule has 0 spiro atoms. The molecule has 1 fully saturated rings. The molecule has 1 N–H and O–H groups in total. The number of hydrazone groups is 1. The molecule has 1 aromatic carbocycles. The second-order valence-electron chi connectivity index (χ2n) is 5.02. The van der Waals surface area contributed by atoms with Crippen molar-refractivity contribution >= 4 is 11.6 Å². The first-order chi connectivity index (χ1) is 9.24. The van der Waals surface area contributed by atoms with Crippen molar-refractivity contribution in [2.24, 2.45) is 11.0 Å². The van der Waals surface area contributed by atoms with Crippen LogP contribution in [0.25, 0.3) is 0 Å². The van der Waals surface area contributed by atoms with E-state index in [2.05, 4.69) is 17.5 Å². The third-order valence-electron chi connectivity index (χ3n) is 3.20. The summed E-state index contributed by atoms with van der Waals surface area (Å²) in [6.45, 7) is 2.21. The maximum absolute atomic E-state index is 11.6. The Balaban J connectivity index is 1.74. The molecule has 1 aliphatic carbocycles. The summed E-state index contributed by atoms with van der Waals surface area (Å²) in [5.41, 5.74) is 3.66. The van der Waals surface area contributed by atoms with E-state index in [1.54, 1.807) is 0 Å². The van der Waals surface area contributed by atoms with Gasteiger partial charge in [0, 0.05) is 5.71 Å². The number of carbonyl (C=O) groups excluding carboxylic acids is 1. The van der Waals surface area contributed by atoms with Crippen LogP contribution in [-0.4, -0.2) is 18.2 Å². The van der Waals surface area contributed by atoms with E-state index >= 15 is 0 Å². The maximum Gasteiger partial charge on any atom is 0.277 e. The van der Waals surface area contributed by atoms with Crippen LogP contribution in [0.4, 0.5) is 0 Å². The van der Waals surface area contributed by atoms with E-state index in [0.717, 1.165) is 25.0 Å². The van der Waals surface area contributed by atoms with Crippen molar-refractivity contribution in [1.29, 1.82) is 0 Å². The van der Waals surface area contributed by atoms with Gasteiger partial charge in [-0.1, -0.05) is 25.1 Å². The van der Waals surface area contributed by atoms with Gasteiger partial charge in [0.1, 0.15) is 5.75 Å². The van der Waals surface area contributed by atoms with Crippen molar-refractivity contribution in [3.05, 3.63) is 30.3 Å². The number of benzene rings is 1. The molecule has 0 aromatic heterocycles. The Morgan fingerprint density at radius 2 is 2.21 bits per heavy atom. The minimum Gasteiger partial charge on any atom is -0.484 e. The molecule has 4 heteroatoms. The molecule has 0 saturated heterocycles. The monoisotopic (exact) mass is 260 g/mol. The van der Waals surface area contributed by atoms with Crippen LogP contribution >= 0.6 is 0 Å². The molecule has 0 aliphatic heterocycles. The Morgan fingerprint density at radius 1 is 1.42 bits per heavy atom. The van der Waals surface area contributed by atoms with Gasteiger partial charge in [-0.05, 0) is 43.7 Å². The molecule has 0 heterocycles. The van der Waals surface area contributed by atoms with Crippen LogP contribution in [0.1, 0.15) is 32.6 Å². The van der Waals surface area contributed by atoms with Crippen LogP contribution < -0.4 is 10.2 Å². The zero-order valence-electron chi connectivity index (χ0n) is 11.3. The summed E-state index contributed by atoms with van der Waals surface area (Å²) in [4.78, 5) is 11.6. The van der Waals surface area contributed by atoms with Crippen molar-refractivity contribution in [2.75, 3.05) is 6.61 Å². The molecular formula is C15H20N2O2. The highest BCUT2D eigenvalue weighted by Gasteiger charge is 2.14. The average molecular weight is 260 g/mol. The Labute approximate surface area is 113 Å². The first-order valence-corrected chi connectivity index (χ1v) is 6.76. The second-order valence-corrected chi connectivity index (χ2v) is 5.02. The number of carbonyl (C=O) groups is 1. The zero-order chi connectivity index (χ0) is 13.5. The van der Waals surface area contributed by atoms with E-state index in [1.165, 1.54) is 6.42 Å². The van der Waals surface area contributed by atoms with Gasteiger partial charge in [0.25, 0.3) is 5.91 Å². The van der Waals surface area contributed by atoms with Gasteiger partial charge in [-0.3, -0.25) is 4.79 Å². The van der Waals surface area contributed by atoms with Gasteiger partial charge in [-0.15, -0.1) is 0 Å². The van der Waals surface area contributed by atoms with Crippen molar-refractivity contribution < 1.29 is 9.53 Å². The van der Waals surface area contributed by atoms with Crippen LogP contribution in [0, 0.1) is 5.92 Å². The van der Waals surface area contributed by atoms with Crippen LogP contribution in [0.5, 0.6) is 5.75 Å². The Bertz CT molecular complexity index is 443. The molecule has 2 rings (SSSR count). The molecule has 0 radical (unpaired) electrons. The van der Waals surface area contributed by atoms with E-state index in [0.29, 0.717) is 11.7 Å². The lowest BCUT2D eigenvalue weighted by Crippen LogP contribution is -2.26. The van der Waals surface area contributed by atoms with Crippen LogP contribution in [0.2, 0.25) is 0 Å². The third-order valence-corrected chi connectivity index (χ3v) is 3.20. The van der Waals surface area contributed by atoms with Gasteiger partial charge < -0.3 is 4.74 Å². The maximum atomic E-state index is 11.6. The number of nitrogens with zero attached hydrogens (tertiary/aromatic N) is 1. The highest BCUT2D eigenvalue weighted by Crippen LogP contribution is 2.20. The van der Waals surface area contributed by atoms with Gasteiger partial charge in [0.2, 0.25) is 0 Å². The van der Waals surface area contributed by atoms with Gasteiger partial charge in [-0.25, -0.2) is 5.43 Å². The molecular weight excluding hydrogens is 240 g/mol. The molecule has 1 aliphatic rings. The van der Waals surface area contributed by atoms with Crippen molar-refractivity contribution in [1.82, 2.24) is 5.43 Å². The number of ether oxygens (including phenoxy) is 1. The van der Waals surface area contributed by atoms with Gasteiger partial charge in [-0.2, -0.15) is 5.10 Å². The van der Waals surface area contributed by atoms with Crippen molar-refractivity contribution in [2.45, 2.75) is 32.6 Å². The fourth-order valence-electron chi connectivity index (χ4n) is 2.20. The lowest BCUT2D eigenvalue weighted by Gasteiger charge is -2.18. The molecule has 1 saturated carbocycles. The fourth-order valence-corrected chi connectivity index (χ4v) is 2.20. The minimum absolute atomic E-state index is 0.00362. The summed E-state index contributed by atoms with van der Waals surface area (Å²) in [5, 5.41) is 4.18. The largest absolute Gasteiger partial charge is 0.484 e. The number of hydrogen-bond acceptors (Lipinski definition) is 3. The minimum atomic E-state index is -0.213. The Kier molecular flexibility index (Phi) is 4.95. The average Bonchev–Trinajstić information content (AvgIpc) is 2.44. The molecule has 0 unspecified atom stereocenters. The van der Waals surface area contributed by atoms with Gasteiger partial charge >= 0.3 is 0 Å².